The van der Waals surface area contributed by atoms with Crippen LogP contribution in [0.25, 0.3) is 0 Å². The highest BCUT2D eigenvalue weighted by atomic mass is 16.5. The molecule has 4 heteroatoms. The standard InChI is InChI=1S/C10H17NO3/c12-10(13)8-3-4-11(6-8)7-9-2-1-5-14-9/h8-9H,1-7H2,(H,12,13)/t8-,9+/m0/s1. The highest BCUT2D eigenvalue weighted by Crippen LogP contribution is 2.20. The minimum Gasteiger partial charge on any atom is -0.481 e. The summed E-state index contributed by atoms with van der Waals surface area (Å²) in [6, 6.07) is 0. The molecular formula is C10H17NO3. The molecule has 0 aliphatic carbocycles. The lowest BCUT2D eigenvalue weighted by Crippen LogP contribution is -2.31. The lowest BCUT2D eigenvalue weighted by atomic mass is 10.1. The maximum Gasteiger partial charge on any atom is 0.307 e. The topological polar surface area (TPSA) is 49.8 Å². The van der Waals surface area contributed by atoms with Crippen molar-refractivity contribution >= 4 is 5.97 Å². The second-order valence-electron chi connectivity index (χ2n) is 4.22. The molecule has 0 aromatic rings. The highest BCUT2D eigenvalue weighted by molar-refractivity contribution is 5.70. The molecule has 4 nitrogen and oxygen atoms in total. The summed E-state index contributed by atoms with van der Waals surface area (Å²) in [5, 5.41) is 8.83. The van der Waals surface area contributed by atoms with Crippen LogP contribution in [-0.2, 0) is 9.53 Å². The molecule has 2 rings (SSSR count). The average molecular weight is 199 g/mol. The van der Waals surface area contributed by atoms with Crippen molar-refractivity contribution in [3.8, 4) is 0 Å². The van der Waals surface area contributed by atoms with Gasteiger partial charge in [0.25, 0.3) is 0 Å². The molecule has 0 bridgehead atoms. The van der Waals surface area contributed by atoms with Crippen LogP contribution in [0.3, 0.4) is 0 Å². The second kappa shape index (κ2) is 4.28. The van der Waals surface area contributed by atoms with Gasteiger partial charge in [-0.2, -0.15) is 0 Å². The van der Waals surface area contributed by atoms with Gasteiger partial charge in [-0.15, -0.1) is 0 Å². The van der Waals surface area contributed by atoms with Crippen molar-refractivity contribution in [2.75, 3.05) is 26.2 Å². The maximum absolute atomic E-state index is 10.7. The summed E-state index contributed by atoms with van der Waals surface area (Å²) in [6.45, 7) is 3.41. The Kier molecular flexibility index (Phi) is 3.03. The Labute approximate surface area is 83.8 Å². The first kappa shape index (κ1) is 9.93. The van der Waals surface area contributed by atoms with Crippen LogP contribution in [0.5, 0.6) is 0 Å². The normalized spacial score (nSPS) is 33.7. The van der Waals surface area contributed by atoms with Gasteiger partial charge in [-0.1, -0.05) is 0 Å². The summed E-state index contributed by atoms with van der Waals surface area (Å²) in [5.74, 6) is -0.809. The molecule has 1 N–H and O–H groups in total. The third kappa shape index (κ3) is 2.25. The summed E-state index contributed by atoms with van der Waals surface area (Å²) in [4.78, 5) is 12.9. The number of carboxylic acid groups (broad SMARTS) is 1. The van der Waals surface area contributed by atoms with Gasteiger partial charge < -0.3 is 9.84 Å². The number of carboxylic acids is 1. The fourth-order valence-electron chi connectivity index (χ4n) is 2.28. The quantitative estimate of drug-likeness (QED) is 0.722. The summed E-state index contributed by atoms with van der Waals surface area (Å²) in [7, 11) is 0. The van der Waals surface area contributed by atoms with Crippen LogP contribution in [0.4, 0.5) is 0 Å². The van der Waals surface area contributed by atoms with E-state index in [-0.39, 0.29) is 5.92 Å². The van der Waals surface area contributed by atoms with E-state index in [1.807, 2.05) is 0 Å². The zero-order valence-corrected chi connectivity index (χ0v) is 8.32. The van der Waals surface area contributed by atoms with Gasteiger partial charge in [-0.3, -0.25) is 9.69 Å². The molecule has 0 unspecified atom stereocenters. The molecule has 2 aliphatic heterocycles. The number of aliphatic carboxylic acids is 1. The molecule has 0 saturated carbocycles. The first-order chi connectivity index (χ1) is 6.75. The minimum atomic E-state index is -0.653. The van der Waals surface area contributed by atoms with Gasteiger partial charge in [-0.05, 0) is 25.8 Å². The van der Waals surface area contributed by atoms with Gasteiger partial charge in [0, 0.05) is 19.7 Å². The van der Waals surface area contributed by atoms with E-state index in [1.54, 1.807) is 0 Å². The fourth-order valence-corrected chi connectivity index (χ4v) is 2.28. The van der Waals surface area contributed by atoms with Gasteiger partial charge in [-0.25, -0.2) is 0 Å². The number of hydrogen-bond donors (Lipinski definition) is 1. The van der Waals surface area contributed by atoms with E-state index in [2.05, 4.69) is 4.90 Å². The Hall–Kier alpha value is -0.610. The van der Waals surface area contributed by atoms with Crippen LogP contribution in [0.2, 0.25) is 0 Å². The molecule has 0 radical (unpaired) electrons. The molecule has 80 valence electrons. The molecule has 2 atom stereocenters. The number of nitrogens with zero attached hydrogens (tertiary/aromatic N) is 1. The predicted octanol–water partition coefficient (Wildman–Crippen LogP) is 0.572. The Morgan fingerprint density at radius 3 is 2.93 bits per heavy atom. The van der Waals surface area contributed by atoms with Crippen LogP contribution < -0.4 is 0 Å². The van der Waals surface area contributed by atoms with Crippen molar-refractivity contribution < 1.29 is 14.6 Å². The number of rotatable bonds is 3. The van der Waals surface area contributed by atoms with Gasteiger partial charge in [0.1, 0.15) is 0 Å². The second-order valence-corrected chi connectivity index (χ2v) is 4.22. The maximum atomic E-state index is 10.7. The number of ether oxygens (including phenoxy) is 1. The monoisotopic (exact) mass is 199 g/mol. The first-order valence-corrected chi connectivity index (χ1v) is 5.32. The Morgan fingerprint density at radius 1 is 1.50 bits per heavy atom. The molecule has 14 heavy (non-hydrogen) atoms. The van der Waals surface area contributed by atoms with Crippen molar-refractivity contribution in [1.82, 2.24) is 4.90 Å². The average Bonchev–Trinajstić information content (AvgIpc) is 2.75. The first-order valence-electron chi connectivity index (χ1n) is 5.32. The van der Waals surface area contributed by atoms with Crippen LogP contribution in [0, 0.1) is 5.92 Å². The number of carbonyl (C=O) groups is 1. The van der Waals surface area contributed by atoms with Crippen molar-refractivity contribution in [2.24, 2.45) is 5.92 Å². The van der Waals surface area contributed by atoms with E-state index in [0.29, 0.717) is 12.6 Å². The molecular weight excluding hydrogens is 182 g/mol. The Bertz CT molecular complexity index is 213. The summed E-state index contributed by atoms with van der Waals surface area (Å²) < 4.78 is 5.52. The zero-order chi connectivity index (χ0) is 9.97. The molecule has 2 fully saturated rings. The smallest absolute Gasteiger partial charge is 0.307 e. The molecule has 0 amide bonds. The molecule has 0 aromatic carbocycles. The van der Waals surface area contributed by atoms with Gasteiger partial charge in [0.2, 0.25) is 0 Å². The summed E-state index contributed by atoms with van der Waals surface area (Å²) in [6.07, 6.45) is 3.43. The van der Waals surface area contributed by atoms with Crippen LogP contribution >= 0.6 is 0 Å². The van der Waals surface area contributed by atoms with Crippen molar-refractivity contribution in [3.63, 3.8) is 0 Å². The van der Waals surface area contributed by atoms with Crippen molar-refractivity contribution in [1.29, 1.82) is 0 Å². The summed E-state index contributed by atoms with van der Waals surface area (Å²) >= 11 is 0. The Morgan fingerprint density at radius 2 is 2.36 bits per heavy atom. The van der Waals surface area contributed by atoms with Crippen LogP contribution in [0.1, 0.15) is 19.3 Å². The van der Waals surface area contributed by atoms with Crippen molar-refractivity contribution in [3.05, 3.63) is 0 Å². The number of likely N-dealkylation sites (tertiary alicyclic amines) is 1. The van der Waals surface area contributed by atoms with E-state index in [4.69, 9.17) is 9.84 Å². The zero-order valence-electron chi connectivity index (χ0n) is 8.32. The SMILES string of the molecule is O=C(O)[C@H]1CCN(C[C@H]2CCCO2)C1. The largest absolute Gasteiger partial charge is 0.481 e. The fraction of sp³-hybridized carbons (Fsp3) is 0.900. The van der Waals surface area contributed by atoms with E-state index in [9.17, 15) is 4.79 Å². The summed E-state index contributed by atoms with van der Waals surface area (Å²) in [5.41, 5.74) is 0. The Balaban J connectivity index is 1.75. The van der Waals surface area contributed by atoms with E-state index >= 15 is 0 Å². The molecule has 2 saturated heterocycles. The lowest BCUT2D eigenvalue weighted by Gasteiger charge is -2.19. The van der Waals surface area contributed by atoms with Crippen LogP contribution in [0.15, 0.2) is 0 Å². The van der Waals surface area contributed by atoms with Gasteiger partial charge in [0.05, 0.1) is 12.0 Å². The van der Waals surface area contributed by atoms with Gasteiger partial charge >= 0.3 is 5.97 Å². The van der Waals surface area contributed by atoms with E-state index in [0.717, 1.165) is 39.0 Å². The highest BCUT2D eigenvalue weighted by Gasteiger charge is 2.30. The number of hydrogen-bond acceptors (Lipinski definition) is 3. The van der Waals surface area contributed by atoms with E-state index < -0.39 is 5.97 Å². The van der Waals surface area contributed by atoms with Gasteiger partial charge in [0.15, 0.2) is 0 Å². The molecule has 2 aliphatic rings. The predicted molar refractivity (Wildman–Crippen MR) is 51.2 cm³/mol. The lowest BCUT2D eigenvalue weighted by molar-refractivity contribution is -0.141. The molecule has 0 spiro atoms. The van der Waals surface area contributed by atoms with Crippen molar-refractivity contribution in [2.45, 2.75) is 25.4 Å². The van der Waals surface area contributed by atoms with E-state index in [1.165, 1.54) is 0 Å². The molecule has 2 heterocycles. The molecule has 0 aromatic heterocycles. The third-order valence-corrected chi connectivity index (χ3v) is 3.11. The minimum absolute atomic E-state index is 0.156. The third-order valence-electron chi connectivity index (χ3n) is 3.11. The van der Waals surface area contributed by atoms with Crippen LogP contribution in [-0.4, -0.2) is 48.3 Å².